The maximum absolute atomic E-state index is 9.89. The van der Waals surface area contributed by atoms with Crippen molar-refractivity contribution < 1.29 is 5.11 Å². The maximum Gasteiger partial charge on any atom is 0.126 e. The molecule has 0 spiro atoms. The first-order valence-electron chi connectivity index (χ1n) is 3.78. The zero-order chi connectivity index (χ0) is 9.26. The van der Waals surface area contributed by atoms with Gasteiger partial charge in [-0.3, -0.25) is 0 Å². The zero-order valence-corrected chi connectivity index (χ0v) is 8.60. The van der Waals surface area contributed by atoms with E-state index in [1.807, 2.05) is 18.4 Å². The van der Waals surface area contributed by atoms with E-state index in [2.05, 4.69) is 9.59 Å². The van der Waals surface area contributed by atoms with Crippen molar-refractivity contribution in [2.24, 2.45) is 0 Å². The van der Waals surface area contributed by atoms with Gasteiger partial charge in [0.1, 0.15) is 6.10 Å². The van der Waals surface area contributed by atoms with Crippen LogP contribution in [-0.4, -0.2) is 14.7 Å². The molecule has 3 nitrogen and oxygen atoms in total. The van der Waals surface area contributed by atoms with Crippen LogP contribution in [0.25, 0.3) is 0 Å². The smallest absolute Gasteiger partial charge is 0.126 e. The molecule has 2 aromatic rings. The summed E-state index contributed by atoms with van der Waals surface area (Å²) in [4.78, 5) is 1.77. The van der Waals surface area contributed by atoms with Gasteiger partial charge >= 0.3 is 0 Å². The summed E-state index contributed by atoms with van der Waals surface area (Å²) >= 11 is 2.79. The molecule has 13 heavy (non-hydrogen) atoms. The van der Waals surface area contributed by atoms with Crippen LogP contribution in [0.5, 0.6) is 0 Å². The Balaban J connectivity index is 2.33. The second-order valence-corrected chi connectivity index (χ2v) is 4.46. The molecule has 0 amide bonds. The standard InChI is InChI=1S/C8H8N2OS2/c1-5-2-3-12-8(5)7(11)6-4-9-10-13-6/h2-4,7,11H,1H3. The van der Waals surface area contributed by atoms with Gasteiger partial charge in [0.2, 0.25) is 0 Å². The molecule has 2 heterocycles. The molecule has 0 saturated carbocycles. The van der Waals surface area contributed by atoms with Crippen LogP contribution in [0.2, 0.25) is 0 Å². The molecule has 0 aliphatic rings. The number of nitrogens with zero attached hydrogens (tertiary/aromatic N) is 2. The molecule has 0 fully saturated rings. The Morgan fingerprint density at radius 3 is 2.92 bits per heavy atom. The number of hydrogen-bond donors (Lipinski definition) is 1. The number of thiophene rings is 1. The molecule has 0 aromatic carbocycles. The van der Waals surface area contributed by atoms with E-state index in [9.17, 15) is 5.11 Å². The predicted molar refractivity (Wildman–Crippen MR) is 53.0 cm³/mol. The third-order valence-electron chi connectivity index (χ3n) is 1.80. The minimum atomic E-state index is -0.556. The van der Waals surface area contributed by atoms with Crippen LogP contribution in [0.1, 0.15) is 21.4 Å². The third kappa shape index (κ3) is 1.63. The lowest BCUT2D eigenvalue weighted by Crippen LogP contribution is -1.95. The molecular formula is C8H8N2OS2. The molecule has 0 aliphatic heterocycles. The predicted octanol–water partition coefficient (Wildman–Crippen LogP) is 1.99. The summed E-state index contributed by atoms with van der Waals surface area (Å²) in [5, 5.41) is 15.6. The van der Waals surface area contributed by atoms with Gasteiger partial charge in [0.05, 0.1) is 11.1 Å². The Morgan fingerprint density at radius 2 is 2.38 bits per heavy atom. The van der Waals surface area contributed by atoms with Crippen molar-refractivity contribution in [3.63, 3.8) is 0 Å². The Hall–Kier alpha value is -0.780. The number of aryl methyl sites for hydroxylation is 1. The monoisotopic (exact) mass is 212 g/mol. The molecule has 0 radical (unpaired) electrons. The summed E-state index contributed by atoms with van der Waals surface area (Å²) in [5.41, 5.74) is 1.12. The van der Waals surface area contributed by atoms with E-state index < -0.39 is 6.10 Å². The Morgan fingerprint density at radius 1 is 1.54 bits per heavy atom. The van der Waals surface area contributed by atoms with Crippen molar-refractivity contribution >= 4 is 22.9 Å². The average Bonchev–Trinajstić information content (AvgIpc) is 2.72. The Labute approximate surface area is 83.8 Å². The van der Waals surface area contributed by atoms with E-state index in [0.29, 0.717) is 0 Å². The van der Waals surface area contributed by atoms with E-state index in [0.717, 1.165) is 15.3 Å². The van der Waals surface area contributed by atoms with Crippen LogP contribution in [0.15, 0.2) is 17.6 Å². The second kappa shape index (κ2) is 3.53. The second-order valence-electron chi connectivity index (χ2n) is 2.69. The lowest BCUT2D eigenvalue weighted by Gasteiger charge is -2.05. The van der Waals surface area contributed by atoms with Gasteiger partial charge in [-0.05, 0) is 35.5 Å². The van der Waals surface area contributed by atoms with E-state index in [-0.39, 0.29) is 0 Å². The summed E-state index contributed by atoms with van der Waals surface area (Å²) in [5.74, 6) is 0. The van der Waals surface area contributed by atoms with Crippen molar-refractivity contribution in [3.05, 3.63) is 33.0 Å². The largest absolute Gasteiger partial charge is 0.382 e. The SMILES string of the molecule is Cc1ccsc1C(O)c1cnns1. The fraction of sp³-hybridized carbons (Fsp3) is 0.250. The summed E-state index contributed by atoms with van der Waals surface area (Å²) in [6.45, 7) is 1.99. The first-order chi connectivity index (χ1) is 6.29. The first kappa shape index (κ1) is 8.80. The molecule has 68 valence electrons. The van der Waals surface area contributed by atoms with Gasteiger partial charge in [-0.25, -0.2) is 0 Å². The topological polar surface area (TPSA) is 46.0 Å². The van der Waals surface area contributed by atoms with E-state index in [1.54, 1.807) is 17.5 Å². The van der Waals surface area contributed by atoms with Crippen molar-refractivity contribution in [3.8, 4) is 0 Å². The Kier molecular flexibility index (Phi) is 2.39. The molecule has 1 atom stereocenters. The van der Waals surface area contributed by atoms with Gasteiger partial charge in [-0.2, -0.15) is 0 Å². The molecule has 0 bridgehead atoms. The quantitative estimate of drug-likeness (QED) is 0.828. The lowest BCUT2D eigenvalue weighted by molar-refractivity contribution is 0.227. The maximum atomic E-state index is 9.89. The molecule has 1 N–H and O–H groups in total. The number of aromatic nitrogens is 2. The van der Waals surface area contributed by atoms with Gasteiger partial charge in [0.15, 0.2) is 0 Å². The first-order valence-corrected chi connectivity index (χ1v) is 5.43. The van der Waals surface area contributed by atoms with Crippen LogP contribution in [-0.2, 0) is 0 Å². The summed E-state index contributed by atoms with van der Waals surface area (Å²) in [6, 6.07) is 2.00. The number of hydrogen-bond acceptors (Lipinski definition) is 5. The highest BCUT2D eigenvalue weighted by Crippen LogP contribution is 2.29. The van der Waals surface area contributed by atoms with Gasteiger partial charge < -0.3 is 5.11 Å². The van der Waals surface area contributed by atoms with E-state index in [4.69, 9.17) is 0 Å². The average molecular weight is 212 g/mol. The molecule has 2 aromatic heterocycles. The molecule has 2 rings (SSSR count). The van der Waals surface area contributed by atoms with Crippen LogP contribution in [0, 0.1) is 6.92 Å². The molecule has 0 aliphatic carbocycles. The number of aliphatic hydroxyl groups excluding tert-OH is 1. The molecule has 1 unspecified atom stereocenters. The van der Waals surface area contributed by atoms with E-state index in [1.165, 1.54) is 11.5 Å². The fourth-order valence-electron chi connectivity index (χ4n) is 1.09. The molecule has 0 saturated heterocycles. The van der Waals surface area contributed by atoms with Crippen LogP contribution >= 0.6 is 22.9 Å². The summed E-state index contributed by atoms with van der Waals surface area (Å²) < 4.78 is 3.72. The van der Waals surface area contributed by atoms with Crippen molar-refractivity contribution in [1.82, 2.24) is 9.59 Å². The number of aliphatic hydroxyl groups is 1. The van der Waals surface area contributed by atoms with E-state index >= 15 is 0 Å². The third-order valence-corrected chi connectivity index (χ3v) is 3.58. The van der Waals surface area contributed by atoms with Crippen molar-refractivity contribution in [1.29, 1.82) is 0 Å². The van der Waals surface area contributed by atoms with Crippen LogP contribution in [0.4, 0.5) is 0 Å². The van der Waals surface area contributed by atoms with Crippen molar-refractivity contribution in [2.45, 2.75) is 13.0 Å². The summed E-state index contributed by atoms with van der Waals surface area (Å²) in [6.07, 6.45) is 1.05. The highest BCUT2D eigenvalue weighted by Gasteiger charge is 2.15. The highest BCUT2D eigenvalue weighted by molar-refractivity contribution is 7.10. The molecular weight excluding hydrogens is 204 g/mol. The minimum Gasteiger partial charge on any atom is -0.382 e. The number of rotatable bonds is 2. The van der Waals surface area contributed by atoms with Crippen LogP contribution < -0.4 is 0 Å². The van der Waals surface area contributed by atoms with Gasteiger partial charge in [-0.1, -0.05) is 4.49 Å². The minimum absolute atomic E-state index is 0.556. The molecule has 5 heteroatoms. The summed E-state index contributed by atoms with van der Waals surface area (Å²) in [7, 11) is 0. The Bertz CT molecular complexity index is 383. The lowest BCUT2D eigenvalue weighted by atomic mass is 10.2. The zero-order valence-electron chi connectivity index (χ0n) is 6.97. The van der Waals surface area contributed by atoms with Gasteiger partial charge in [0.25, 0.3) is 0 Å². The fourth-order valence-corrected chi connectivity index (χ4v) is 2.59. The highest BCUT2D eigenvalue weighted by atomic mass is 32.1. The van der Waals surface area contributed by atoms with Crippen molar-refractivity contribution in [2.75, 3.05) is 0 Å². The normalized spacial score (nSPS) is 13.1. The van der Waals surface area contributed by atoms with Gasteiger partial charge in [0, 0.05) is 4.88 Å². The van der Waals surface area contributed by atoms with Gasteiger partial charge in [-0.15, -0.1) is 16.4 Å². The van der Waals surface area contributed by atoms with Crippen LogP contribution in [0.3, 0.4) is 0 Å².